The van der Waals surface area contributed by atoms with Gasteiger partial charge in [0.05, 0.1) is 17.1 Å². The minimum absolute atomic E-state index is 0.0250. The summed E-state index contributed by atoms with van der Waals surface area (Å²) < 4.78 is 0. The number of amides is 1. The molecule has 1 amide bonds. The molecule has 1 heterocycles. The lowest BCUT2D eigenvalue weighted by Gasteiger charge is -2.15. The van der Waals surface area contributed by atoms with Crippen molar-refractivity contribution < 1.29 is 9.90 Å². The van der Waals surface area contributed by atoms with Gasteiger partial charge in [-0.1, -0.05) is 87.2 Å². The van der Waals surface area contributed by atoms with E-state index in [2.05, 4.69) is 12.2 Å². The number of hydrogen-bond acceptors (Lipinski definition) is 4. The van der Waals surface area contributed by atoms with Crippen molar-refractivity contribution in [2.24, 2.45) is 0 Å². The average molecular weight is 417 g/mol. The van der Waals surface area contributed by atoms with Crippen LogP contribution in [0.2, 0.25) is 0 Å². The number of aryl methyl sites for hydroxylation is 1. The lowest BCUT2D eigenvalue weighted by Crippen LogP contribution is -2.16. The maximum Gasteiger partial charge on any atom is 0.225 e. The van der Waals surface area contributed by atoms with Crippen molar-refractivity contribution in [2.45, 2.75) is 58.8 Å². The maximum atomic E-state index is 12.5. The molecule has 0 atom stereocenters. The van der Waals surface area contributed by atoms with E-state index in [1.54, 1.807) is 12.1 Å². The Kier molecular flexibility index (Phi) is 8.16. The maximum absolute atomic E-state index is 12.5. The number of unbranched alkanes of at least 4 members (excludes halogenated alkanes) is 4. The fourth-order valence-corrected chi connectivity index (χ4v) is 3.54. The first-order valence-electron chi connectivity index (χ1n) is 11.1. The normalized spacial score (nSPS) is 10.8. The summed E-state index contributed by atoms with van der Waals surface area (Å²) in [6.07, 6.45) is 6.56. The number of hydrogen-bond donors (Lipinski definition) is 1. The fraction of sp³-hybridized carbons (Fsp3) is 0.346. The SMILES string of the molecule is CCCCCCCC(=O)Nc1nc(C)c(-c2ccc([O-])cc2)nc1Cc1ccccc1. The largest absolute Gasteiger partial charge is 0.872 e. The van der Waals surface area contributed by atoms with E-state index in [1.165, 1.54) is 31.4 Å². The summed E-state index contributed by atoms with van der Waals surface area (Å²) in [5.41, 5.74) is 4.10. The molecule has 0 bridgehead atoms. The molecule has 5 nitrogen and oxygen atoms in total. The number of rotatable bonds is 10. The van der Waals surface area contributed by atoms with Gasteiger partial charge in [-0.15, -0.1) is 5.75 Å². The number of nitrogens with one attached hydrogen (secondary N) is 1. The first kappa shape index (κ1) is 22.5. The number of aromatic nitrogens is 2. The highest BCUT2D eigenvalue weighted by atomic mass is 16.3. The van der Waals surface area contributed by atoms with Gasteiger partial charge >= 0.3 is 0 Å². The first-order chi connectivity index (χ1) is 15.1. The Hall–Kier alpha value is -3.21. The van der Waals surface area contributed by atoms with Crippen LogP contribution < -0.4 is 10.4 Å². The van der Waals surface area contributed by atoms with E-state index in [-0.39, 0.29) is 11.7 Å². The van der Waals surface area contributed by atoms with Gasteiger partial charge in [-0.2, -0.15) is 0 Å². The third-order valence-electron chi connectivity index (χ3n) is 5.25. The molecular weight excluding hydrogens is 386 g/mol. The topological polar surface area (TPSA) is 77.9 Å². The highest BCUT2D eigenvalue weighted by Gasteiger charge is 2.15. The predicted octanol–water partition coefficient (Wildman–Crippen LogP) is 5.42. The van der Waals surface area contributed by atoms with Gasteiger partial charge in [-0.25, -0.2) is 9.97 Å². The van der Waals surface area contributed by atoms with Gasteiger partial charge in [0.2, 0.25) is 5.91 Å². The fourth-order valence-electron chi connectivity index (χ4n) is 3.54. The number of anilines is 1. The third kappa shape index (κ3) is 6.64. The quantitative estimate of drug-likeness (QED) is 0.448. The summed E-state index contributed by atoms with van der Waals surface area (Å²) >= 11 is 0. The summed E-state index contributed by atoms with van der Waals surface area (Å²) in [5.74, 6) is 0.453. The molecule has 5 heteroatoms. The van der Waals surface area contributed by atoms with E-state index in [0.717, 1.165) is 35.4 Å². The molecule has 31 heavy (non-hydrogen) atoms. The lowest BCUT2D eigenvalue weighted by molar-refractivity contribution is -0.268. The van der Waals surface area contributed by atoms with Crippen molar-refractivity contribution >= 4 is 11.7 Å². The second-order valence-corrected chi connectivity index (χ2v) is 7.85. The molecule has 3 rings (SSSR count). The zero-order valence-electron chi connectivity index (χ0n) is 18.4. The molecule has 2 aromatic carbocycles. The van der Waals surface area contributed by atoms with Crippen LogP contribution in [0.15, 0.2) is 54.6 Å². The first-order valence-corrected chi connectivity index (χ1v) is 11.1. The Labute approximate surface area is 184 Å². The molecule has 162 valence electrons. The molecule has 0 saturated carbocycles. The summed E-state index contributed by atoms with van der Waals surface area (Å²) in [6.45, 7) is 4.06. The van der Waals surface area contributed by atoms with Gasteiger partial charge in [0.25, 0.3) is 0 Å². The molecule has 0 aliphatic carbocycles. The van der Waals surface area contributed by atoms with Crippen LogP contribution >= 0.6 is 0 Å². The molecule has 1 aromatic heterocycles. The second kappa shape index (κ2) is 11.3. The van der Waals surface area contributed by atoms with Gasteiger partial charge < -0.3 is 10.4 Å². The van der Waals surface area contributed by atoms with E-state index < -0.39 is 0 Å². The Bertz CT molecular complexity index is 986. The number of carbonyl (C=O) groups is 1. The van der Waals surface area contributed by atoms with Gasteiger partial charge in [0.1, 0.15) is 0 Å². The third-order valence-corrected chi connectivity index (χ3v) is 5.25. The van der Waals surface area contributed by atoms with Crippen LogP contribution in [0.25, 0.3) is 11.3 Å². The Morgan fingerprint density at radius 1 is 0.935 bits per heavy atom. The highest BCUT2D eigenvalue weighted by Crippen LogP contribution is 2.26. The van der Waals surface area contributed by atoms with Crippen molar-refractivity contribution in [3.63, 3.8) is 0 Å². The number of nitrogens with zero attached hydrogens (tertiary/aromatic N) is 2. The van der Waals surface area contributed by atoms with Crippen LogP contribution in [0.1, 0.15) is 62.4 Å². The van der Waals surface area contributed by atoms with Crippen molar-refractivity contribution in [3.8, 4) is 17.0 Å². The summed E-state index contributed by atoms with van der Waals surface area (Å²) in [5, 5.41) is 14.5. The van der Waals surface area contributed by atoms with E-state index in [4.69, 9.17) is 9.97 Å². The molecule has 0 unspecified atom stereocenters. The van der Waals surface area contributed by atoms with Gasteiger partial charge in [0.15, 0.2) is 5.82 Å². The lowest BCUT2D eigenvalue weighted by atomic mass is 10.1. The van der Waals surface area contributed by atoms with E-state index in [1.807, 2.05) is 37.3 Å². The molecule has 1 N–H and O–H groups in total. The average Bonchev–Trinajstić information content (AvgIpc) is 2.77. The zero-order chi connectivity index (χ0) is 22.1. The standard InChI is InChI=1S/C26H31N3O2/c1-3-4-5-6-10-13-24(31)29-26-23(18-20-11-8-7-9-12-20)28-25(19(2)27-26)21-14-16-22(30)17-15-21/h7-9,11-12,14-17,30H,3-6,10,13,18H2,1-2H3,(H,27,29,31)/p-1. The molecule has 0 spiro atoms. The van der Waals surface area contributed by atoms with Crippen molar-refractivity contribution in [1.82, 2.24) is 9.97 Å². The summed E-state index contributed by atoms with van der Waals surface area (Å²) in [4.78, 5) is 22.1. The molecule has 0 radical (unpaired) electrons. The smallest absolute Gasteiger partial charge is 0.225 e. The number of carbonyl (C=O) groups excluding carboxylic acids is 1. The highest BCUT2D eigenvalue weighted by molar-refractivity contribution is 5.90. The van der Waals surface area contributed by atoms with E-state index >= 15 is 0 Å². The number of benzene rings is 2. The van der Waals surface area contributed by atoms with Crippen LogP contribution in [0, 0.1) is 6.92 Å². The van der Waals surface area contributed by atoms with Gasteiger partial charge in [0, 0.05) is 18.4 Å². The van der Waals surface area contributed by atoms with Crippen molar-refractivity contribution in [2.75, 3.05) is 5.32 Å². The minimum Gasteiger partial charge on any atom is -0.872 e. The molecule has 0 aliphatic heterocycles. The molecule has 0 fully saturated rings. The molecule has 3 aromatic rings. The molecule has 0 aliphatic rings. The Morgan fingerprint density at radius 3 is 2.35 bits per heavy atom. The van der Waals surface area contributed by atoms with Gasteiger partial charge in [-0.05, 0) is 18.9 Å². The molecular formula is C26H30N3O2-. The van der Waals surface area contributed by atoms with Crippen LogP contribution in [-0.2, 0) is 11.2 Å². The zero-order valence-corrected chi connectivity index (χ0v) is 18.4. The van der Waals surface area contributed by atoms with Crippen LogP contribution in [0.3, 0.4) is 0 Å². The van der Waals surface area contributed by atoms with Crippen molar-refractivity contribution in [1.29, 1.82) is 0 Å². The van der Waals surface area contributed by atoms with E-state index in [9.17, 15) is 9.90 Å². The predicted molar refractivity (Wildman–Crippen MR) is 123 cm³/mol. The Morgan fingerprint density at radius 2 is 1.65 bits per heavy atom. The monoisotopic (exact) mass is 416 g/mol. The van der Waals surface area contributed by atoms with Crippen LogP contribution in [-0.4, -0.2) is 15.9 Å². The van der Waals surface area contributed by atoms with Crippen molar-refractivity contribution in [3.05, 3.63) is 71.5 Å². The summed E-state index contributed by atoms with van der Waals surface area (Å²) in [6, 6.07) is 16.6. The Balaban J connectivity index is 1.83. The minimum atomic E-state index is -0.0401. The van der Waals surface area contributed by atoms with Crippen LogP contribution in [0.4, 0.5) is 5.82 Å². The van der Waals surface area contributed by atoms with Crippen LogP contribution in [0.5, 0.6) is 5.75 Å². The second-order valence-electron chi connectivity index (χ2n) is 7.85. The van der Waals surface area contributed by atoms with E-state index in [0.29, 0.717) is 24.4 Å². The summed E-state index contributed by atoms with van der Waals surface area (Å²) in [7, 11) is 0. The molecule has 0 saturated heterocycles. The van der Waals surface area contributed by atoms with Gasteiger partial charge in [-0.3, -0.25) is 4.79 Å².